The summed E-state index contributed by atoms with van der Waals surface area (Å²) in [6.07, 6.45) is 1.11. The summed E-state index contributed by atoms with van der Waals surface area (Å²) in [6, 6.07) is 4.22. The molecule has 2 heteroatoms. The van der Waals surface area contributed by atoms with Crippen LogP contribution in [0.5, 0.6) is 0 Å². The van der Waals surface area contributed by atoms with Crippen LogP contribution in [0.15, 0.2) is 12.1 Å². The predicted octanol–water partition coefficient (Wildman–Crippen LogP) is 3.75. The van der Waals surface area contributed by atoms with Crippen LogP contribution in [0.3, 0.4) is 0 Å². The smallest absolute Gasteiger partial charge is 0.129 e. The summed E-state index contributed by atoms with van der Waals surface area (Å²) >= 11 is 0. The van der Waals surface area contributed by atoms with Gasteiger partial charge in [-0.15, -0.1) is 0 Å². The van der Waals surface area contributed by atoms with Crippen LogP contribution < -0.4 is 5.32 Å². The molecule has 1 nitrogen and oxygen atoms in total. The molecule has 0 saturated heterocycles. The van der Waals surface area contributed by atoms with E-state index in [1.807, 2.05) is 33.0 Å². The van der Waals surface area contributed by atoms with E-state index in [-0.39, 0.29) is 5.82 Å². The minimum absolute atomic E-state index is 0.0808. The normalized spacial score (nSPS) is 14.9. The molecule has 90 valence electrons. The van der Waals surface area contributed by atoms with Crippen molar-refractivity contribution >= 4 is 0 Å². The lowest BCUT2D eigenvalue weighted by Crippen LogP contribution is -2.23. The maximum absolute atomic E-state index is 13.5. The van der Waals surface area contributed by atoms with E-state index in [0.29, 0.717) is 12.0 Å². The van der Waals surface area contributed by atoms with E-state index in [4.69, 9.17) is 0 Å². The molecule has 0 amide bonds. The van der Waals surface area contributed by atoms with Gasteiger partial charge in [-0.25, -0.2) is 4.39 Å². The Morgan fingerprint density at radius 3 is 2.12 bits per heavy atom. The van der Waals surface area contributed by atoms with Crippen molar-refractivity contribution < 1.29 is 4.39 Å². The second kappa shape index (κ2) is 5.44. The van der Waals surface area contributed by atoms with Crippen LogP contribution in [-0.2, 0) is 0 Å². The lowest BCUT2D eigenvalue weighted by atomic mass is 9.90. The summed E-state index contributed by atoms with van der Waals surface area (Å²) in [7, 11) is 1.96. The quantitative estimate of drug-likeness (QED) is 0.819. The fourth-order valence-electron chi connectivity index (χ4n) is 2.17. The molecule has 0 fully saturated rings. The minimum atomic E-state index is -0.0808. The molecule has 2 atom stereocenters. The van der Waals surface area contributed by atoms with Crippen molar-refractivity contribution in [2.75, 3.05) is 7.05 Å². The van der Waals surface area contributed by atoms with Crippen molar-refractivity contribution in [3.05, 3.63) is 34.6 Å². The maximum atomic E-state index is 13.5. The molecule has 1 rings (SSSR count). The standard InChI is InChI=1S/C14H22FN/c1-6-9(2)14(16-5)12-7-10(3)13(15)11(4)8-12/h7-9,14,16H,6H2,1-5H3. The Kier molecular flexibility index (Phi) is 4.48. The lowest BCUT2D eigenvalue weighted by molar-refractivity contribution is 0.399. The Morgan fingerprint density at radius 2 is 1.75 bits per heavy atom. The second-order valence-corrected chi connectivity index (χ2v) is 4.62. The van der Waals surface area contributed by atoms with Gasteiger partial charge in [0.1, 0.15) is 5.82 Å². The van der Waals surface area contributed by atoms with E-state index < -0.39 is 0 Å². The Labute approximate surface area is 98.1 Å². The summed E-state index contributed by atoms with van der Waals surface area (Å²) in [4.78, 5) is 0. The van der Waals surface area contributed by atoms with Gasteiger partial charge in [0.05, 0.1) is 0 Å². The monoisotopic (exact) mass is 223 g/mol. The predicted molar refractivity (Wildman–Crippen MR) is 67.1 cm³/mol. The van der Waals surface area contributed by atoms with Crippen LogP contribution in [0, 0.1) is 25.6 Å². The zero-order valence-corrected chi connectivity index (χ0v) is 10.9. The number of hydrogen-bond acceptors (Lipinski definition) is 1. The first kappa shape index (κ1) is 13.2. The molecule has 0 aliphatic carbocycles. The Morgan fingerprint density at radius 1 is 1.25 bits per heavy atom. The van der Waals surface area contributed by atoms with Crippen molar-refractivity contribution in [1.29, 1.82) is 0 Å². The lowest BCUT2D eigenvalue weighted by Gasteiger charge is -2.24. The Hall–Kier alpha value is -0.890. The first-order valence-corrected chi connectivity index (χ1v) is 5.95. The molecule has 2 unspecified atom stereocenters. The molecular weight excluding hydrogens is 201 g/mol. The van der Waals surface area contributed by atoms with Gasteiger partial charge in [-0.3, -0.25) is 0 Å². The van der Waals surface area contributed by atoms with Crippen LogP contribution in [0.1, 0.15) is 43.0 Å². The number of halogens is 1. The van der Waals surface area contributed by atoms with Crippen molar-refractivity contribution in [2.45, 2.75) is 40.2 Å². The summed E-state index contributed by atoms with van der Waals surface area (Å²) < 4.78 is 13.5. The molecule has 0 spiro atoms. The van der Waals surface area contributed by atoms with Gasteiger partial charge in [0.2, 0.25) is 0 Å². The van der Waals surface area contributed by atoms with E-state index >= 15 is 0 Å². The summed E-state index contributed by atoms with van der Waals surface area (Å²) in [5.74, 6) is 0.469. The van der Waals surface area contributed by atoms with Gasteiger partial charge in [0.15, 0.2) is 0 Å². The molecular formula is C14H22FN. The summed E-state index contributed by atoms with van der Waals surface area (Å²) in [5.41, 5.74) is 2.66. The van der Waals surface area contributed by atoms with Gasteiger partial charge in [0, 0.05) is 6.04 Å². The highest BCUT2D eigenvalue weighted by Gasteiger charge is 2.17. The van der Waals surface area contributed by atoms with Crippen molar-refractivity contribution in [3.63, 3.8) is 0 Å². The molecule has 1 aromatic carbocycles. The highest BCUT2D eigenvalue weighted by atomic mass is 19.1. The van der Waals surface area contributed by atoms with Gasteiger partial charge < -0.3 is 5.32 Å². The van der Waals surface area contributed by atoms with Gasteiger partial charge in [0.25, 0.3) is 0 Å². The molecule has 0 radical (unpaired) electrons. The number of nitrogens with one attached hydrogen (secondary N) is 1. The van der Waals surface area contributed by atoms with Crippen molar-refractivity contribution in [1.82, 2.24) is 5.32 Å². The van der Waals surface area contributed by atoms with E-state index in [1.165, 1.54) is 5.56 Å². The molecule has 0 bridgehead atoms. The van der Waals surface area contributed by atoms with E-state index in [0.717, 1.165) is 17.5 Å². The molecule has 1 N–H and O–H groups in total. The molecule has 0 heterocycles. The molecule has 0 aromatic heterocycles. The van der Waals surface area contributed by atoms with Gasteiger partial charge in [-0.2, -0.15) is 0 Å². The number of benzene rings is 1. The average molecular weight is 223 g/mol. The number of aryl methyl sites for hydroxylation is 2. The van der Waals surface area contributed by atoms with Gasteiger partial charge in [-0.05, 0) is 43.5 Å². The second-order valence-electron chi connectivity index (χ2n) is 4.62. The van der Waals surface area contributed by atoms with E-state index in [1.54, 1.807) is 0 Å². The highest BCUT2D eigenvalue weighted by Crippen LogP contribution is 2.26. The zero-order valence-electron chi connectivity index (χ0n) is 10.9. The maximum Gasteiger partial charge on any atom is 0.129 e. The molecule has 0 aliphatic heterocycles. The number of rotatable bonds is 4. The van der Waals surface area contributed by atoms with Crippen LogP contribution in [0.25, 0.3) is 0 Å². The average Bonchev–Trinajstić information content (AvgIpc) is 2.26. The first-order chi connectivity index (χ1) is 7.51. The SMILES string of the molecule is CCC(C)C(NC)c1cc(C)c(F)c(C)c1. The third-order valence-corrected chi connectivity index (χ3v) is 3.34. The van der Waals surface area contributed by atoms with Crippen LogP contribution in [0.4, 0.5) is 4.39 Å². The Bertz CT molecular complexity index is 337. The Balaban J connectivity index is 3.11. The van der Waals surface area contributed by atoms with E-state index in [2.05, 4.69) is 19.2 Å². The summed E-state index contributed by atoms with van der Waals surface area (Å²) in [6.45, 7) is 8.05. The first-order valence-electron chi connectivity index (χ1n) is 5.95. The molecule has 0 aliphatic rings. The topological polar surface area (TPSA) is 12.0 Å². The third-order valence-electron chi connectivity index (χ3n) is 3.34. The summed E-state index contributed by atoms with van der Waals surface area (Å²) in [5, 5.41) is 3.32. The highest BCUT2D eigenvalue weighted by molar-refractivity contribution is 5.32. The fraction of sp³-hybridized carbons (Fsp3) is 0.571. The van der Waals surface area contributed by atoms with Gasteiger partial charge >= 0.3 is 0 Å². The van der Waals surface area contributed by atoms with Crippen LogP contribution >= 0.6 is 0 Å². The fourth-order valence-corrected chi connectivity index (χ4v) is 2.17. The third kappa shape index (κ3) is 2.62. The number of hydrogen-bond donors (Lipinski definition) is 1. The van der Waals surface area contributed by atoms with Crippen LogP contribution in [0.2, 0.25) is 0 Å². The van der Waals surface area contributed by atoms with Crippen LogP contribution in [-0.4, -0.2) is 7.05 Å². The molecule has 16 heavy (non-hydrogen) atoms. The molecule has 1 aromatic rings. The molecule has 0 saturated carbocycles. The largest absolute Gasteiger partial charge is 0.313 e. The van der Waals surface area contributed by atoms with Gasteiger partial charge in [-0.1, -0.05) is 32.4 Å². The van der Waals surface area contributed by atoms with E-state index in [9.17, 15) is 4.39 Å². The zero-order chi connectivity index (χ0) is 12.3. The van der Waals surface area contributed by atoms with Crippen molar-refractivity contribution in [2.24, 2.45) is 5.92 Å². The van der Waals surface area contributed by atoms with Crippen molar-refractivity contribution in [3.8, 4) is 0 Å². The minimum Gasteiger partial charge on any atom is -0.313 e.